The Hall–Kier alpha value is -5.35. The van der Waals surface area contributed by atoms with E-state index in [2.05, 4.69) is 36.7 Å². The van der Waals surface area contributed by atoms with Crippen LogP contribution in [0.4, 0.5) is 0 Å². The van der Waals surface area contributed by atoms with Crippen LogP contribution < -0.4 is 20.1 Å². The Balaban J connectivity index is 0.000000148. The second kappa shape index (κ2) is 23.7. The number of carbonyl (C=O) groups excluding carboxylic acids is 3. The average molecular weight is 945 g/mol. The second-order valence-corrected chi connectivity index (χ2v) is 20.3. The zero-order valence-electron chi connectivity index (χ0n) is 36.1. The molecule has 2 saturated heterocycles. The lowest BCUT2D eigenvalue weighted by molar-refractivity contribution is -0.117. The van der Waals surface area contributed by atoms with E-state index in [1.54, 1.807) is 41.1 Å². The van der Waals surface area contributed by atoms with Crippen LogP contribution in [0.15, 0.2) is 111 Å². The van der Waals surface area contributed by atoms with Gasteiger partial charge in [-0.2, -0.15) is 0 Å². The molecule has 0 unspecified atom stereocenters. The molecule has 4 aromatic heterocycles. The lowest BCUT2D eigenvalue weighted by Crippen LogP contribution is -2.20. The van der Waals surface area contributed by atoms with Crippen molar-refractivity contribution in [1.29, 1.82) is 0 Å². The van der Waals surface area contributed by atoms with Crippen molar-refractivity contribution < 1.29 is 23.9 Å². The number of pyridine rings is 2. The van der Waals surface area contributed by atoms with Gasteiger partial charge in [-0.15, -0.1) is 22.7 Å². The first-order valence-corrected chi connectivity index (χ1v) is 25.8. The summed E-state index contributed by atoms with van der Waals surface area (Å²) in [6, 6.07) is 23.5. The minimum absolute atomic E-state index is 0.0509. The maximum atomic E-state index is 12.4. The fourth-order valence-corrected chi connectivity index (χ4v) is 10.7. The molecule has 336 valence electrons. The molecular formula is C50H52N6O5S4. The molecule has 4 fully saturated rings. The van der Waals surface area contributed by atoms with Crippen LogP contribution in [-0.4, -0.2) is 57.4 Å². The number of amidine groups is 2. The van der Waals surface area contributed by atoms with E-state index in [9.17, 15) is 14.4 Å². The van der Waals surface area contributed by atoms with Crippen LogP contribution >= 0.6 is 46.2 Å². The smallest absolute Gasteiger partial charge is 0.264 e. The maximum Gasteiger partial charge on any atom is 0.264 e. The van der Waals surface area contributed by atoms with E-state index in [0.717, 1.165) is 63.5 Å². The van der Waals surface area contributed by atoms with Gasteiger partial charge in [-0.05, 0) is 126 Å². The molecule has 6 aromatic rings. The molecule has 0 atom stereocenters. The molecule has 15 heteroatoms. The summed E-state index contributed by atoms with van der Waals surface area (Å²) in [5.41, 5.74) is 3.38. The number of ether oxygens (including phenoxy) is 2. The van der Waals surface area contributed by atoms with E-state index in [4.69, 9.17) is 9.47 Å². The molecule has 10 rings (SSSR count). The number of amides is 2. The van der Waals surface area contributed by atoms with Gasteiger partial charge in [-0.1, -0.05) is 68.5 Å². The Morgan fingerprint density at radius 2 is 1.22 bits per heavy atom. The van der Waals surface area contributed by atoms with Crippen molar-refractivity contribution in [3.63, 3.8) is 0 Å². The Bertz CT molecular complexity index is 2640. The van der Waals surface area contributed by atoms with Gasteiger partial charge in [0.1, 0.15) is 17.8 Å². The zero-order valence-corrected chi connectivity index (χ0v) is 39.4. The van der Waals surface area contributed by atoms with Crippen LogP contribution in [0.3, 0.4) is 0 Å². The van der Waals surface area contributed by atoms with Gasteiger partial charge in [0.2, 0.25) is 5.91 Å². The standard InChI is InChI=1S/C25H25N3O2S2.C17H19NO2.C8H8N2OS2/c29-24-23(32-25(28-24)27-15-19-7-4-12-31-19)14-18-8-9-21-20(13-18)22(10-11-26-21)30-16-17-5-2-1-3-6-17;19-11-14-6-7-16-15(10-14)17(8-9-18-16)20-12-13-4-2-1-3-5-13;11-7-5-13-8(10-7)9-4-6-2-1-3-12-6/h4,7-14,17H,1-3,5-6,15-16H2,(H,27,28,29);6-11,13H,1-5,12H2;1-3H,4-5H2,(H,9,10,11)/b23-14-;;. The van der Waals surface area contributed by atoms with Crippen molar-refractivity contribution in [2.75, 3.05) is 19.0 Å². The van der Waals surface area contributed by atoms with Crippen LogP contribution in [-0.2, 0) is 22.7 Å². The highest BCUT2D eigenvalue weighted by Crippen LogP contribution is 2.32. The number of hydrogen-bond donors (Lipinski definition) is 2. The highest BCUT2D eigenvalue weighted by atomic mass is 32.2. The van der Waals surface area contributed by atoms with E-state index in [1.165, 1.54) is 97.5 Å². The minimum atomic E-state index is -0.111. The van der Waals surface area contributed by atoms with Gasteiger partial charge in [0.15, 0.2) is 10.3 Å². The average Bonchev–Trinajstić information content (AvgIpc) is 4.20. The van der Waals surface area contributed by atoms with E-state index in [-0.39, 0.29) is 11.8 Å². The quantitative estimate of drug-likeness (QED) is 0.0905. The first-order chi connectivity index (χ1) is 32.0. The number of thiophene rings is 2. The maximum absolute atomic E-state index is 12.4. The first-order valence-electron chi connectivity index (χ1n) is 22.2. The number of carbonyl (C=O) groups is 3. The van der Waals surface area contributed by atoms with Crippen molar-refractivity contribution in [2.24, 2.45) is 21.8 Å². The summed E-state index contributed by atoms with van der Waals surface area (Å²) in [6.45, 7) is 2.77. The van der Waals surface area contributed by atoms with Crippen LogP contribution in [0.5, 0.6) is 11.5 Å². The fraction of sp³-hybridized carbons (Fsp3) is 0.340. The van der Waals surface area contributed by atoms with E-state index >= 15 is 0 Å². The van der Waals surface area contributed by atoms with Crippen molar-refractivity contribution in [3.8, 4) is 11.5 Å². The molecule has 0 spiro atoms. The largest absolute Gasteiger partial charge is 0.493 e. The number of rotatable bonds is 12. The molecule has 4 aliphatic rings. The van der Waals surface area contributed by atoms with Gasteiger partial charge in [0.25, 0.3) is 5.91 Å². The minimum Gasteiger partial charge on any atom is -0.493 e. The summed E-state index contributed by atoms with van der Waals surface area (Å²) in [5.74, 6) is 3.45. The highest BCUT2D eigenvalue weighted by Gasteiger charge is 2.24. The number of nitrogens with one attached hydrogen (secondary N) is 2. The molecular weight excluding hydrogens is 893 g/mol. The molecule has 0 bridgehead atoms. The van der Waals surface area contributed by atoms with E-state index < -0.39 is 0 Å². The zero-order chi connectivity index (χ0) is 44.6. The molecule has 11 nitrogen and oxygen atoms in total. The number of thioether (sulfide) groups is 2. The SMILES string of the molecule is O=C1CSC(=NCc2cccs2)N1.O=C1NC(=NCc2cccs2)S/C1=C\c1ccc2nccc(OCC3CCCCC3)c2c1.O=Cc1ccc2nccc(OCC3CCCCC3)c2c1. The molecule has 2 saturated carbocycles. The Labute approximate surface area is 396 Å². The van der Waals surface area contributed by atoms with Gasteiger partial charge < -0.3 is 20.1 Å². The predicted octanol–water partition coefficient (Wildman–Crippen LogP) is 11.5. The van der Waals surface area contributed by atoms with Crippen molar-refractivity contribution in [1.82, 2.24) is 20.6 Å². The molecule has 6 heterocycles. The lowest BCUT2D eigenvalue weighted by atomic mass is 9.90. The summed E-state index contributed by atoms with van der Waals surface area (Å²) < 4.78 is 12.2. The van der Waals surface area contributed by atoms with Gasteiger partial charge in [0, 0.05) is 38.5 Å². The van der Waals surface area contributed by atoms with Gasteiger partial charge in [-0.3, -0.25) is 34.3 Å². The van der Waals surface area contributed by atoms with E-state index in [1.807, 2.05) is 77.5 Å². The molecule has 2 amide bonds. The monoisotopic (exact) mass is 944 g/mol. The van der Waals surface area contributed by atoms with Gasteiger partial charge in [0.05, 0.1) is 48.0 Å². The molecule has 2 N–H and O–H groups in total. The molecule has 2 aromatic carbocycles. The third-order valence-corrected chi connectivity index (χ3v) is 15.0. The lowest BCUT2D eigenvalue weighted by Gasteiger charge is -2.22. The third-order valence-electron chi connectivity index (χ3n) is 11.4. The van der Waals surface area contributed by atoms with Crippen molar-refractivity contribution in [3.05, 3.63) is 122 Å². The topological polar surface area (TPSA) is 144 Å². The molecule has 2 aliphatic heterocycles. The summed E-state index contributed by atoms with van der Waals surface area (Å²) in [5, 5.41) is 12.9. The van der Waals surface area contributed by atoms with Crippen LogP contribution in [0.2, 0.25) is 0 Å². The highest BCUT2D eigenvalue weighted by molar-refractivity contribution is 8.18. The fourth-order valence-electron chi connectivity index (χ4n) is 7.98. The number of nitrogens with zero attached hydrogens (tertiary/aromatic N) is 4. The number of hydrogen-bond acceptors (Lipinski definition) is 13. The van der Waals surface area contributed by atoms with Gasteiger partial charge in [-0.25, -0.2) is 0 Å². The van der Waals surface area contributed by atoms with Crippen molar-refractivity contribution in [2.45, 2.75) is 77.3 Å². The van der Waals surface area contributed by atoms with Crippen LogP contribution in [0.25, 0.3) is 27.9 Å². The number of aromatic nitrogens is 2. The summed E-state index contributed by atoms with van der Waals surface area (Å²) >= 11 is 6.19. The summed E-state index contributed by atoms with van der Waals surface area (Å²) in [6.07, 6.45) is 19.3. The van der Waals surface area contributed by atoms with Crippen LogP contribution in [0.1, 0.15) is 89.9 Å². The summed E-state index contributed by atoms with van der Waals surface area (Å²) in [4.78, 5) is 54.8. The van der Waals surface area contributed by atoms with Gasteiger partial charge >= 0.3 is 0 Å². The predicted molar refractivity (Wildman–Crippen MR) is 268 cm³/mol. The van der Waals surface area contributed by atoms with E-state index in [0.29, 0.717) is 46.3 Å². The number of aliphatic imine (C=N–C) groups is 2. The normalized spacial score (nSPS) is 18.6. The number of aldehydes is 1. The number of fused-ring (bicyclic) bond motifs is 2. The number of benzene rings is 2. The Kier molecular flexibility index (Phi) is 16.9. The Morgan fingerprint density at radius 3 is 1.74 bits per heavy atom. The molecule has 2 aliphatic carbocycles. The first kappa shape index (κ1) is 46.2. The third kappa shape index (κ3) is 13.6. The second-order valence-electron chi connectivity index (χ2n) is 16.2. The van der Waals surface area contributed by atoms with Crippen LogP contribution in [0, 0.1) is 11.8 Å². The van der Waals surface area contributed by atoms with Crippen molar-refractivity contribution >= 4 is 103 Å². The molecule has 0 radical (unpaired) electrons. The molecule has 65 heavy (non-hydrogen) atoms. The summed E-state index contributed by atoms with van der Waals surface area (Å²) in [7, 11) is 0. The Morgan fingerprint density at radius 1 is 0.662 bits per heavy atom.